The van der Waals surface area contributed by atoms with Gasteiger partial charge in [0.25, 0.3) is 11.6 Å². The summed E-state index contributed by atoms with van der Waals surface area (Å²) >= 11 is 6.33. The van der Waals surface area contributed by atoms with Crippen molar-refractivity contribution in [2.45, 2.75) is 38.1 Å². The minimum atomic E-state index is -0.910. The summed E-state index contributed by atoms with van der Waals surface area (Å²) in [6.07, 6.45) is 6.07. The fourth-order valence-corrected chi connectivity index (χ4v) is 4.65. The third kappa shape index (κ3) is 3.78. The molecule has 1 amide bonds. The van der Waals surface area contributed by atoms with Crippen LogP contribution in [0.2, 0.25) is 0 Å². The molecule has 0 bridgehead atoms. The van der Waals surface area contributed by atoms with Gasteiger partial charge < -0.3 is 5.11 Å². The highest BCUT2D eigenvalue weighted by Gasteiger charge is 2.38. The van der Waals surface area contributed by atoms with Crippen molar-refractivity contribution in [3.63, 3.8) is 0 Å². The molecule has 3 rings (SSSR count). The number of hydrogen-bond acceptors (Lipinski definition) is 8. The molecule has 2 fully saturated rings. The van der Waals surface area contributed by atoms with E-state index in [1.54, 1.807) is 4.90 Å². The number of benzene rings is 1. The Hall–Kier alpha value is -2.53. The van der Waals surface area contributed by atoms with Gasteiger partial charge >= 0.3 is 5.69 Å². The summed E-state index contributed by atoms with van der Waals surface area (Å²) in [5.74, 6) is -1.07. The van der Waals surface area contributed by atoms with E-state index in [1.165, 1.54) is 6.08 Å². The summed E-state index contributed by atoms with van der Waals surface area (Å²) in [6, 6.07) is 1.69. The molecular weight excluding hydrogens is 394 g/mol. The number of nitrogens with zero attached hydrogens (tertiary/aromatic N) is 3. The zero-order valence-corrected chi connectivity index (χ0v) is 15.6. The van der Waals surface area contributed by atoms with Gasteiger partial charge in [0, 0.05) is 17.7 Å². The molecule has 1 aliphatic carbocycles. The summed E-state index contributed by atoms with van der Waals surface area (Å²) in [6.45, 7) is 0. The molecule has 0 unspecified atom stereocenters. The first-order valence-corrected chi connectivity index (χ1v) is 9.45. The van der Waals surface area contributed by atoms with Crippen LogP contribution in [-0.2, 0) is 4.79 Å². The van der Waals surface area contributed by atoms with Crippen molar-refractivity contribution >= 4 is 51.7 Å². The Morgan fingerprint density at radius 1 is 1.19 bits per heavy atom. The maximum atomic E-state index is 12.8. The molecule has 0 radical (unpaired) electrons. The van der Waals surface area contributed by atoms with Crippen LogP contribution >= 0.6 is 24.0 Å². The van der Waals surface area contributed by atoms with E-state index in [2.05, 4.69) is 0 Å². The summed E-state index contributed by atoms with van der Waals surface area (Å²) in [7, 11) is 0. The van der Waals surface area contributed by atoms with E-state index in [0.29, 0.717) is 10.4 Å². The van der Waals surface area contributed by atoms with Crippen molar-refractivity contribution in [1.82, 2.24) is 4.90 Å². The molecule has 2 aliphatic rings. The number of thioether (sulfide) groups is 1. The minimum absolute atomic E-state index is 0.0187. The molecule has 0 spiro atoms. The summed E-state index contributed by atoms with van der Waals surface area (Å²) in [5.41, 5.74) is -1.51. The number of nitro benzene ring substituents is 2. The fraction of sp³-hybridized carbons (Fsp3) is 0.375. The lowest BCUT2D eigenvalue weighted by molar-refractivity contribution is -0.394. The van der Waals surface area contributed by atoms with E-state index < -0.39 is 27.0 Å². The van der Waals surface area contributed by atoms with Crippen LogP contribution < -0.4 is 0 Å². The number of thiocarbonyl (C=S) groups is 1. The van der Waals surface area contributed by atoms with Crippen molar-refractivity contribution in [2.75, 3.05) is 0 Å². The summed E-state index contributed by atoms with van der Waals surface area (Å²) in [5, 5.41) is 32.2. The minimum Gasteiger partial charge on any atom is -0.502 e. The highest BCUT2D eigenvalue weighted by atomic mass is 32.2. The number of rotatable bonds is 4. The molecule has 1 N–H and O–H groups in total. The molecule has 1 saturated carbocycles. The second kappa shape index (κ2) is 7.61. The Kier molecular flexibility index (Phi) is 5.42. The largest absolute Gasteiger partial charge is 0.502 e. The van der Waals surface area contributed by atoms with Gasteiger partial charge in [-0.3, -0.25) is 29.9 Å². The fourth-order valence-electron chi connectivity index (χ4n) is 3.26. The molecule has 142 valence electrons. The van der Waals surface area contributed by atoms with Crippen LogP contribution in [0.4, 0.5) is 11.4 Å². The van der Waals surface area contributed by atoms with Crippen LogP contribution in [-0.4, -0.2) is 36.1 Å². The van der Waals surface area contributed by atoms with E-state index in [9.17, 15) is 30.1 Å². The van der Waals surface area contributed by atoms with Crippen LogP contribution in [0.15, 0.2) is 17.0 Å². The number of carbonyl (C=O) groups excluding carboxylic acids is 1. The third-order valence-electron chi connectivity index (χ3n) is 4.56. The van der Waals surface area contributed by atoms with E-state index in [0.717, 1.165) is 49.9 Å². The number of amides is 1. The molecule has 1 aromatic rings. The van der Waals surface area contributed by atoms with Crippen molar-refractivity contribution in [2.24, 2.45) is 0 Å². The molecule has 0 aromatic heterocycles. The maximum Gasteiger partial charge on any atom is 0.318 e. The van der Waals surface area contributed by atoms with Gasteiger partial charge in [-0.1, -0.05) is 43.2 Å². The topological polar surface area (TPSA) is 127 Å². The second-order valence-corrected chi connectivity index (χ2v) is 7.94. The molecule has 1 heterocycles. The average molecular weight is 409 g/mol. The molecule has 27 heavy (non-hydrogen) atoms. The van der Waals surface area contributed by atoms with Gasteiger partial charge in [-0.05, 0) is 18.9 Å². The van der Waals surface area contributed by atoms with Crippen LogP contribution in [0.25, 0.3) is 6.08 Å². The number of phenolic OH excluding ortho intramolecular Hbond substituents is 1. The molecule has 0 atom stereocenters. The first-order valence-electron chi connectivity index (χ1n) is 8.22. The van der Waals surface area contributed by atoms with Gasteiger partial charge in [-0.15, -0.1) is 0 Å². The van der Waals surface area contributed by atoms with E-state index in [4.69, 9.17) is 12.2 Å². The van der Waals surface area contributed by atoms with Gasteiger partial charge in [0.1, 0.15) is 4.32 Å². The smallest absolute Gasteiger partial charge is 0.318 e. The van der Waals surface area contributed by atoms with E-state index in [-0.39, 0.29) is 22.4 Å². The van der Waals surface area contributed by atoms with E-state index >= 15 is 0 Å². The SMILES string of the molecule is O=C1/C(=C\c2cc([N+](=O)[O-])cc([N+](=O)[O-])c2O)SC(=S)N1C1CCCCC1. The quantitative estimate of drug-likeness (QED) is 0.345. The molecule has 1 aliphatic heterocycles. The Balaban J connectivity index is 1.99. The molecule has 1 aromatic carbocycles. The normalized spacial score (nSPS) is 19.7. The van der Waals surface area contributed by atoms with Crippen LogP contribution in [0, 0.1) is 20.2 Å². The number of hydrogen-bond donors (Lipinski definition) is 1. The lowest BCUT2D eigenvalue weighted by Gasteiger charge is -2.29. The Morgan fingerprint density at radius 2 is 1.85 bits per heavy atom. The van der Waals surface area contributed by atoms with Crippen molar-refractivity contribution in [3.8, 4) is 5.75 Å². The van der Waals surface area contributed by atoms with Crippen LogP contribution in [0.3, 0.4) is 0 Å². The monoisotopic (exact) mass is 409 g/mol. The number of phenols is 1. The van der Waals surface area contributed by atoms with Crippen molar-refractivity contribution in [3.05, 3.63) is 42.8 Å². The van der Waals surface area contributed by atoms with Gasteiger partial charge in [0.05, 0.1) is 20.8 Å². The predicted octanol–water partition coefficient (Wildman–Crippen LogP) is 3.74. The maximum absolute atomic E-state index is 12.8. The lowest BCUT2D eigenvalue weighted by Crippen LogP contribution is -2.39. The van der Waals surface area contributed by atoms with Gasteiger partial charge in [-0.25, -0.2) is 0 Å². The number of carbonyl (C=O) groups is 1. The third-order valence-corrected chi connectivity index (χ3v) is 5.89. The summed E-state index contributed by atoms with van der Waals surface area (Å²) < 4.78 is 0.387. The molecular formula is C16H15N3O6S2. The van der Waals surface area contributed by atoms with Gasteiger partial charge in [0.15, 0.2) is 0 Å². The standard InChI is InChI=1S/C16H15N3O6S2/c20-14-9(6-11(18(22)23)8-12(14)19(24)25)7-13-15(21)17(16(26)27-13)10-4-2-1-3-5-10/h6-8,10,20H,1-5H2/b13-7+. The first kappa shape index (κ1) is 19.2. The highest BCUT2D eigenvalue weighted by molar-refractivity contribution is 8.26. The average Bonchev–Trinajstić information content (AvgIpc) is 2.90. The number of nitro groups is 2. The Morgan fingerprint density at radius 3 is 2.44 bits per heavy atom. The number of aromatic hydroxyl groups is 1. The molecule has 9 nitrogen and oxygen atoms in total. The first-order chi connectivity index (χ1) is 12.8. The van der Waals surface area contributed by atoms with Gasteiger partial charge in [-0.2, -0.15) is 0 Å². The highest BCUT2D eigenvalue weighted by Crippen LogP contribution is 2.40. The predicted molar refractivity (Wildman–Crippen MR) is 103 cm³/mol. The van der Waals surface area contributed by atoms with Crippen molar-refractivity contribution in [1.29, 1.82) is 0 Å². The zero-order valence-electron chi connectivity index (χ0n) is 14.0. The molecule has 1 saturated heterocycles. The van der Waals surface area contributed by atoms with Gasteiger partial charge in [0.2, 0.25) is 5.75 Å². The summed E-state index contributed by atoms with van der Waals surface area (Å²) in [4.78, 5) is 34.9. The lowest BCUT2D eigenvalue weighted by atomic mass is 9.94. The Labute approximate surface area is 163 Å². The van der Waals surface area contributed by atoms with Crippen LogP contribution in [0.5, 0.6) is 5.75 Å². The number of non-ortho nitro benzene ring substituents is 1. The Bertz CT molecular complexity index is 879. The zero-order chi connectivity index (χ0) is 19.7. The van der Waals surface area contributed by atoms with Crippen LogP contribution in [0.1, 0.15) is 37.7 Å². The van der Waals surface area contributed by atoms with Crippen molar-refractivity contribution < 1.29 is 19.7 Å². The second-order valence-electron chi connectivity index (χ2n) is 6.26. The molecule has 11 heteroatoms. The van der Waals surface area contributed by atoms with E-state index in [1.807, 2.05) is 0 Å².